The molecule has 1 aromatic heterocycles. The van der Waals surface area contributed by atoms with Crippen LogP contribution in [0, 0.1) is 0 Å². The van der Waals surface area contributed by atoms with Gasteiger partial charge >= 0.3 is 5.97 Å². The van der Waals surface area contributed by atoms with Crippen molar-refractivity contribution in [3.05, 3.63) is 5.82 Å². The number of hydrogen-bond acceptors (Lipinski definition) is 5. The van der Waals surface area contributed by atoms with Crippen molar-refractivity contribution in [2.75, 3.05) is 18.8 Å². The predicted octanol–water partition coefficient (Wildman–Crippen LogP) is 1.50. The Hall–Kier alpha value is -1.08. The van der Waals surface area contributed by atoms with E-state index in [2.05, 4.69) is 33.5 Å². The van der Waals surface area contributed by atoms with Gasteiger partial charge in [-0.3, -0.25) is 9.69 Å². The minimum Gasteiger partial charge on any atom is -0.481 e. The monoisotopic (exact) mass is 298 g/mol. The van der Waals surface area contributed by atoms with Crippen molar-refractivity contribution in [1.82, 2.24) is 19.7 Å². The smallest absolute Gasteiger partial charge is 0.313 e. The first-order valence-corrected chi connectivity index (χ1v) is 8.15. The van der Waals surface area contributed by atoms with Crippen molar-refractivity contribution in [2.24, 2.45) is 0 Å². The Bertz CT molecular complexity index is 463. The molecule has 1 fully saturated rings. The van der Waals surface area contributed by atoms with Crippen molar-refractivity contribution in [2.45, 2.75) is 50.9 Å². The van der Waals surface area contributed by atoms with Crippen molar-refractivity contribution in [3.63, 3.8) is 0 Å². The molecule has 1 atom stereocenters. The number of likely N-dealkylation sites (N-methyl/N-ethyl adjacent to an activating group) is 1. The van der Waals surface area contributed by atoms with Gasteiger partial charge in [-0.05, 0) is 25.9 Å². The predicted molar refractivity (Wildman–Crippen MR) is 78.0 cm³/mol. The average Bonchev–Trinajstić information content (AvgIpc) is 3.03. The average molecular weight is 298 g/mol. The lowest BCUT2D eigenvalue weighted by molar-refractivity contribution is -0.133. The third-order valence-corrected chi connectivity index (χ3v) is 4.68. The van der Waals surface area contributed by atoms with E-state index in [-0.39, 0.29) is 5.75 Å². The first-order chi connectivity index (χ1) is 9.65. The normalized spacial score (nSPS) is 19.6. The summed E-state index contributed by atoms with van der Waals surface area (Å²) in [5.74, 6) is 0.156. The van der Waals surface area contributed by atoms with Gasteiger partial charge in [0.15, 0.2) is 5.16 Å². The molecular weight excluding hydrogens is 276 g/mol. The van der Waals surface area contributed by atoms with Gasteiger partial charge in [0.1, 0.15) is 5.82 Å². The van der Waals surface area contributed by atoms with E-state index in [1.165, 1.54) is 24.6 Å². The molecular formula is C13H22N4O2S. The van der Waals surface area contributed by atoms with Crippen molar-refractivity contribution in [1.29, 1.82) is 0 Å². The number of carboxylic acid groups (broad SMARTS) is 1. The standard InChI is InChI=1S/C13H22N4O2S/c1-3-11-14-15-13(20-9-12(18)19)17(11)8-10-6-5-7-16(10)4-2/h10H,3-9H2,1-2H3,(H,18,19). The molecule has 1 aromatic rings. The van der Waals surface area contributed by atoms with Gasteiger partial charge in [0.25, 0.3) is 0 Å². The molecule has 1 saturated heterocycles. The number of likely N-dealkylation sites (tertiary alicyclic amines) is 1. The lowest BCUT2D eigenvalue weighted by Gasteiger charge is -2.24. The molecule has 0 aliphatic carbocycles. The van der Waals surface area contributed by atoms with Crippen LogP contribution in [-0.4, -0.2) is 55.6 Å². The lowest BCUT2D eigenvalue weighted by Crippen LogP contribution is -2.33. The molecule has 7 heteroatoms. The highest BCUT2D eigenvalue weighted by atomic mass is 32.2. The summed E-state index contributed by atoms with van der Waals surface area (Å²) in [6.45, 7) is 7.32. The largest absolute Gasteiger partial charge is 0.481 e. The van der Waals surface area contributed by atoms with Crippen molar-refractivity contribution < 1.29 is 9.90 Å². The zero-order valence-corrected chi connectivity index (χ0v) is 12.9. The number of aliphatic carboxylic acids is 1. The second kappa shape index (κ2) is 7.08. The molecule has 0 saturated carbocycles. The summed E-state index contributed by atoms with van der Waals surface area (Å²) in [6.07, 6.45) is 3.25. The van der Waals surface area contributed by atoms with Gasteiger partial charge in [0.05, 0.1) is 5.75 Å². The molecule has 0 bridgehead atoms. The number of thioether (sulfide) groups is 1. The Morgan fingerprint density at radius 1 is 1.45 bits per heavy atom. The number of rotatable bonds is 7. The molecule has 2 heterocycles. The highest BCUT2D eigenvalue weighted by Crippen LogP contribution is 2.23. The molecule has 1 unspecified atom stereocenters. The number of hydrogen-bond donors (Lipinski definition) is 1. The second-order valence-electron chi connectivity index (χ2n) is 4.97. The summed E-state index contributed by atoms with van der Waals surface area (Å²) in [4.78, 5) is 13.2. The van der Waals surface area contributed by atoms with E-state index in [0.29, 0.717) is 6.04 Å². The lowest BCUT2D eigenvalue weighted by atomic mass is 10.2. The van der Waals surface area contributed by atoms with Gasteiger partial charge in [-0.2, -0.15) is 0 Å². The molecule has 1 N–H and O–H groups in total. The maximum absolute atomic E-state index is 10.7. The fourth-order valence-electron chi connectivity index (χ4n) is 2.73. The maximum atomic E-state index is 10.7. The summed E-state index contributed by atoms with van der Waals surface area (Å²) < 4.78 is 2.10. The quantitative estimate of drug-likeness (QED) is 0.769. The Morgan fingerprint density at radius 3 is 2.90 bits per heavy atom. The van der Waals surface area contributed by atoms with Gasteiger partial charge < -0.3 is 9.67 Å². The van der Waals surface area contributed by atoms with Crippen LogP contribution >= 0.6 is 11.8 Å². The molecule has 0 spiro atoms. The van der Waals surface area contributed by atoms with Crippen molar-refractivity contribution in [3.8, 4) is 0 Å². The van der Waals surface area contributed by atoms with E-state index in [0.717, 1.165) is 37.0 Å². The van der Waals surface area contributed by atoms with Crippen LogP contribution in [0.15, 0.2) is 5.16 Å². The van der Waals surface area contributed by atoms with Gasteiger partial charge in [0, 0.05) is 19.0 Å². The van der Waals surface area contributed by atoms with Crippen LogP contribution < -0.4 is 0 Å². The Labute approximate surface area is 123 Å². The summed E-state index contributed by atoms with van der Waals surface area (Å²) in [5.41, 5.74) is 0. The molecule has 1 aliphatic rings. The summed E-state index contributed by atoms with van der Waals surface area (Å²) in [5, 5.41) is 17.9. The van der Waals surface area contributed by atoms with E-state index in [9.17, 15) is 4.79 Å². The van der Waals surface area contributed by atoms with Crippen LogP contribution in [0.2, 0.25) is 0 Å². The van der Waals surface area contributed by atoms with Gasteiger partial charge in [-0.25, -0.2) is 0 Å². The fourth-order valence-corrected chi connectivity index (χ4v) is 3.41. The molecule has 2 rings (SSSR count). The minimum absolute atomic E-state index is 0.0318. The van der Waals surface area contributed by atoms with Crippen LogP contribution in [0.3, 0.4) is 0 Å². The van der Waals surface area contributed by atoms with Gasteiger partial charge in [0.2, 0.25) is 0 Å². The Kier molecular flexibility index (Phi) is 5.42. The Balaban J connectivity index is 2.11. The number of carboxylic acids is 1. The van der Waals surface area contributed by atoms with Gasteiger partial charge in [-0.15, -0.1) is 10.2 Å². The second-order valence-corrected chi connectivity index (χ2v) is 5.91. The van der Waals surface area contributed by atoms with Crippen LogP contribution in [-0.2, 0) is 17.8 Å². The van der Waals surface area contributed by atoms with Crippen LogP contribution in [0.4, 0.5) is 0 Å². The molecule has 0 radical (unpaired) electrons. The van der Waals surface area contributed by atoms with Crippen LogP contribution in [0.1, 0.15) is 32.5 Å². The Morgan fingerprint density at radius 2 is 2.25 bits per heavy atom. The van der Waals surface area contributed by atoms with E-state index < -0.39 is 5.97 Å². The number of aromatic nitrogens is 3. The minimum atomic E-state index is -0.821. The SMILES string of the molecule is CCc1nnc(SCC(=O)O)n1CC1CCCN1CC. The number of aryl methyl sites for hydroxylation is 1. The first kappa shape index (κ1) is 15.3. The van der Waals surface area contributed by atoms with E-state index >= 15 is 0 Å². The van der Waals surface area contributed by atoms with Crippen LogP contribution in [0.5, 0.6) is 0 Å². The zero-order chi connectivity index (χ0) is 14.5. The third-order valence-electron chi connectivity index (χ3n) is 3.73. The summed E-state index contributed by atoms with van der Waals surface area (Å²) >= 11 is 1.25. The molecule has 0 aromatic carbocycles. The van der Waals surface area contributed by atoms with E-state index in [1.807, 2.05) is 0 Å². The molecule has 112 valence electrons. The van der Waals surface area contributed by atoms with Crippen LogP contribution in [0.25, 0.3) is 0 Å². The first-order valence-electron chi connectivity index (χ1n) is 7.16. The third kappa shape index (κ3) is 3.52. The fraction of sp³-hybridized carbons (Fsp3) is 0.769. The molecule has 6 nitrogen and oxygen atoms in total. The number of carbonyl (C=O) groups is 1. The highest BCUT2D eigenvalue weighted by molar-refractivity contribution is 7.99. The van der Waals surface area contributed by atoms with Gasteiger partial charge in [-0.1, -0.05) is 25.6 Å². The highest BCUT2D eigenvalue weighted by Gasteiger charge is 2.25. The van der Waals surface area contributed by atoms with E-state index in [1.54, 1.807) is 0 Å². The zero-order valence-electron chi connectivity index (χ0n) is 12.1. The molecule has 20 heavy (non-hydrogen) atoms. The molecule has 0 amide bonds. The molecule has 1 aliphatic heterocycles. The maximum Gasteiger partial charge on any atom is 0.313 e. The van der Waals surface area contributed by atoms with E-state index in [4.69, 9.17) is 5.11 Å². The summed E-state index contributed by atoms with van der Waals surface area (Å²) in [7, 11) is 0. The van der Waals surface area contributed by atoms with Crippen molar-refractivity contribution >= 4 is 17.7 Å². The number of nitrogens with zero attached hydrogens (tertiary/aromatic N) is 4. The summed E-state index contributed by atoms with van der Waals surface area (Å²) in [6, 6.07) is 0.519. The topological polar surface area (TPSA) is 71.2 Å².